The van der Waals surface area contributed by atoms with Crippen molar-refractivity contribution in [3.05, 3.63) is 190 Å². The van der Waals surface area contributed by atoms with Crippen molar-refractivity contribution in [2.24, 2.45) is 0 Å². The number of hydrogen-bond donors (Lipinski definition) is 11. The Bertz CT molecular complexity index is 4630. The second-order valence-corrected chi connectivity index (χ2v) is 22.0. The van der Waals surface area contributed by atoms with Gasteiger partial charge in [0.05, 0.1) is 37.9 Å². The van der Waals surface area contributed by atoms with Gasteiger partial charge in [0.2, 0.25) is 29.5 Å². The lowest BCUT2D eigenvalue weighted by Gasteiger charge is -2.08. The topological polar surface area (TPSA) is 412 Å². The predicted octanol–water partition coefficient (Wildman–Crippen LogP) is 11.6. The molecule has 0 bridgehead atoms. The van der Waals surface area contributed by atoms with Gasteiger partial charge in [0.1, 0.15) is 18.0 Å². The van der Waals surface area contributed by atoms with E-state index in [1.807, 2.05) is 100 Å². The number of carbonyl (C=O) groups excluding carboxylic acids is 8. The molecule has 4 heterocycles. The summed E-state index contributed by atoms with van der Waals surface area (Å²) >= 11 is 0. The molecule has 10 rings (SSSR count). The second-order valence-electron chi connectivity index (χ2n) is 22.0. The molecule has 0 unspecified atom stereocenters. The number of ether oxygens (including phenoxy) is 3. The molecular weight excluding hydrogens is 1260 g/mol. The highest BCUT2D eigenvalue weighted by Crippen LogP contribution is 2.29. The van der Waals surface area contributed by atoms with Crippen LogP contribution in [0.2, 0.25) is 0 Å². The number of amides is 5. The first-order valence-electron chi connectivity index (χ1n) is 30.4. The number of H-pyrrole nitrogens is 1. The van der Waals surface area contributed by atoms with Crippen LogP contribution in [0.4, 0.5) is 56.9 Å². The molecule has 99 heavy (non-hydrogen) atoms. The third-order valence-corrected chi connectivity index (χ3v) is 12.9. The van der Waals surface area contributed by atoms with E-state index in [1.165, 1.54) is 61.8 Å². The molecule has 0 spiro atoms. The van der Waals surface area contributed by atoms with Crippen LogP contribution in [0.5, 0.6) is 5.75 Å². The van der Waals surface area contributed by atoms with Crippen molar-refractivity contribution >= 4 is 148 Å². The number of rotatable bonds is 11. The summed E-state index contributed by atoms with van der Waals surface area (Å²) < 4.78 is 14.0. The summed E-state index contributed by atoms with van der Waals surface area (Å²) in [4.78, 5) is 113. The summed E-state index contributed by atoms with van der Waals surface area (Å²) in [5, 5.41) is 19.7. The van der Waals surface area contributed by atoms with Gasteiger partial charge in [0.25, 0.3) is 0 Å². The van der Waals surface area contributed by atoms with Crippen molar-refractivity contribution in [3.63, 3.8) is 0 Å². The fourth-order valence-corrected chi connectivity index (χ4v) is 8.89. The van der Waals surface area contributed by atoms with Crippen molar-refractivity contribution in [2.75, 3.05) is 76.2 Å². The van der Waals surface area contributed by atoms with Crippen molar-refractivity contribution in [1.29, 1.82) is 0 Å². The van der Waals surface area contributed by atoms with E-state index in [9.17, 15) is 43.2 Å². The van der Waals surface area contributed by atoms with Gasteiger partial charge in [-0.3, -0.25) is 53.3 Å². The Kier molecular flexibility index (Phi) is 30.7. The lowest BCUT2D eigenvalue weighted by Crippen LogP contribution is -2.07. The summed E-state index contributed by atoms with van der Waals surface area (Å²) in [6.45, 7) is 18.0. The Balaban J connectivity index is 0.000000248. The predicted molar refractivity (Wildman–Crippen MR) is 394 cm³/mol. The number of allylic oxidation sites excluding steroid dienone is 1. The van der Waals surface area contributed by atoms with Crippen molar-refractivity contribution < 1.29 is 52.6 Å². The maximum Gasteiger partial charge on any atom is 0.332 e. The highest BCUT2D eigenvalue weighted by atomic mass is 16.5. The van der Waals surface area contributed by atoms with Crippen LogP contribution >= 0.6 is 0 Å². The van der Waals surface area contributed by atoms with E-state index in [4.69, 9.17) is 27.7 Å². The second kappa shape index (κ2) is 38.6. The average molecular weight is 1350 g/mol. The van der Waals surface area contributed by atoms with Crippen molar-refractivity contribution in [2.45, 2.75) is 82.6 Å². The molecule has 0 saturated heterocycles. The molecule has 0 fully saturated rings. The lowest BCUT2D eigenvalue weighted by molar-refractivity contribution is -0.143. The SMILES string of the molecule is CC(=O)Nc1ccc(N)cc1.CC(=O)Nc1ccc2[nH]c(C)cc(=O)c2c1.CC(=O)Nc1ccc2nc(C)cc(N)c2c1.COC(=O)C=C(C)Nc1ccc(NC(C)=O)cc1.COC(=O)CC(C)=O.COc1cc(C)nc2ccc(NC(C)=O)cc12.Cc1cc(N)c2cc(N)ccc2n1. The number of esters is 2. The minimum absolute atomic E-state index is 0.0431. The first kappa shape index (κ1) is 78.7. The molecule has 26 nitrogen and oxygen atoms in total. The van der Waals surface area contributed by atoms with Gasteiger partial charge in [-0.2, -0.15) is 0 Å². The summed E-state index contributed by atoms with van der Waals surface area (Å²) in [5.41, 5.74) is 37.6. The molecular formula is C73H84N14O12. The Labute approximate surface area is 572 Å². The number of Topliss-reactive ketones (excluding diaryl/α,β-unsaturated/α-hetero) is 1. The van der Waals surface area contributed by atoms with Crippen molar-refractivity contribution in [1.82, 2.24) is 19.9 Å². The molecule has 15 N–H and O–H groups in total. The van der Waals surface area contributed by atoms with E-state index in [1.54, 1.807) is 86.8 Å². The number of methoxy groups -OCH3 is 3. The fraction of sp³-hybridized carbons (Fsp3) is 0.205. The highest BCUT2D eigenvalue weighted by molar-refractivity contribution is 5.98. The van der Waals surface area contributed by atoms with Crippen molar-refractivity contribution in [3.8, 4) is 5.75 Å². The average Bonchev–Trinajstić information content (AvgIpc) is 0.832. The van der Waals surface area contributed by atoms with Crippen LogP contribution in [0.25, 0.3) is 43.6 Å². The minimum Gasteiger partial charge on any atom is -0.496 e. The van der Waals surface area contributed by atoms with Crippen LogP contribution in [0.15, 0.2) is 162 Å². The molecule has 10 aromatic rings. The number of aromatic nitrogens is 4. The summed E-state index contributed by atoms with van der Waals surface area (Å²) in [6, 6.07) is 43.1. The number of fused-ring (bicyclic) bond motifs is 4. The molecule has 0 aliphatic carbocycles. The molecule has 0 saturated carbocycles. The Morgan fingerprint density at radius 3 is 1.23 bits per heavy atom. The third kappa shape index (κ3) is 28.0. The number of hydrogen-bond acceptors (Lipinski definition) is 20. The number of nitrogens with zero attached hydrogens (tertiary/aromatic N) is 3. The van der Waals surface area contributed by atoms with Gasteiger partial charge in [-0.25, -0.2) is 4.79 Å². The van der Waals surface area contributed by atoms with Gasteiger partial charge in [-0.15, -0.1) is 0 Å². The zero-order valence-corrected chi connectivity index (χ0v) is 57.7. The molecule has 0 aliphatic heterocycles. The van der Waals surface area contributed by atoms with Crippen LogP contribution < -0.4 is 65.0 Å². The molecule has 26 heteroatoms. The number of aromatic amines is 1. The molecule has 5 amide bonds. The quantitative estimate of drug-likeness (QED) is 0.0248. The number of nitrogen functional groups attached to an aromatic ring is 4. The number of nitrogens with two attached hydrogens (primary N) is 4. The molecule has 0 aliphatic rings. The van der Waals surface area contributed by atoms with Gasteiger partial charge in [0, 0.05) is 165 Å². The van der Waals surface area contributed by atoms with Crippen LogP contribution in [-0.4, -0.2) is 88.5 Å². The zero-order valence-electron chi connectivity index (χ0n) is 57.7. The number of anilines is 10. The Morgan fingerprint density at radius 2 is 0.798 bits per heavy atom. The van der Waals surface area contributed by atoms with Crippen LogP contribution in [0, 0.1) is 27.7 Å². The van der Waals surface area contributed by atoms with Gasteiger partial charge < -0.3 is 74.0 Å². The van der Waals surface area contributed by atoms with E-state index in [-0.39, 0.29) is 47.2 Å². The van der Waals surface area contributed by atoms with Gasteiger partial charge >= 0.3 is 11.9 Å². The fourth-order valence-electron chi connectivity index (χ4n) is 8.89. The zero-order chi connectivity index (χ0) is 73.6. The normalized spacial score (nSPS) is 10.1. The monoisotopic (exact) mass is 1350 g/mol. The number of nitrogens with one attached hydrogen (secondary N) is 7. The number of carbonyl (C=O) groups is 8. The van der Waals surface area contributed by atoms with Gasteiger partial charge in [-0.05, 0) is 175 Å². The van der Waals surface area contributed by atoms with Gasteiger partial charge in [0.15, 0.2) is 5.43 Å². The standard InChI is InChI=1S/C13H16N2O3.C13H14N2O2.C12H13N3O.C12H12N2O2.C10H11N3.C8H10N2O.C5H8O3/c1-9(8-13(17)18-3)14-11-4-6-12(7-5-11)15-10(2)16;1-8-6-13(17-3)11-7-10(15-9(2)16)4-5-12(11)14-8;1-7-5-11(13)10-6-9(15-8(2)16)3-4-12(10)14-7;1-7-5-12(16)10-6-9(14-8(2)15)3-4-11(10)13-7;1-6-4-9(12)8-5-7(11)2-3-10(8)13-6;1-6(11)10-8-4-2-7(9)3-5-8;1-4(6)3-5(7)8-2/h4-8,14H,1-3H3,(H,15,16);4-7H,1-3H3,(H,15,16);3-6H,1-2H3,(H2,13,14)(H,15,16);3-6H,1-2H3,(H,13,16)(H,14,15);2-5H,11H2,1H3,(H2,12,13);2-5H,9H2,1H3,(H,10,11);3H2,1-2H3. The minimum atomic E-state index is -0.475. The van der Waals surface area contributed by atoms with Crippen LogP contribution in [0.1, 0.15) is 77.7 Å². The van der Waals surface area contributed by atoms with E-state index >= 15 is 0 Å². The highest BCUT2D eigenvalue weighted by Gasteiger charge is 2.09. The molecule has 6 aromatic carbocycles. The maximum atomic E-state index is 11.7. The maximum absolute atomic E-state index is 11.7. The first-order valence-corrected chi connectivity index (χ1v) is 30.4. The number of aryl methyl sites for hydroxylation is 4. The molecule has 518 valence electrons. The van der Waals surface area contributed by atoms with Crippen LogP contribution in [-0.2, 0) is 47.8 Å². The van der Waals surface area contributed by atoms with E-state index in [2.05, 4.69) is 61.3 Å². The Morgan fingerprint density at radius 1 is 0.424 bits per heavy atom. The first-order chi connectivity index (χ1) is 46.7. The summed E-state index contributed by atoms with van der Waals surface area (Å²) in [6.07, 6.45) is 1.25. The largest absolute Gasteiger partial charge is 0.496 e. The number of pyridine rings is 4. The van der Waals surface area contributed by atoms with Gasteiger partial charge in [-0.1, -0.05) is 0 Å². The van der Waals surface area contributed by atoms with Crippen LogP contribution in [0.3, 0.4) is 0 Å². The smallest absolute Gasteiger partial charge is 0.332 e. The van der Waals surface area contributed by atoms with E-state index < -0.39 is 11.9 Å². The number of benzene rings is 6. The summed E-state index contributed by atoms with van der Waals surface area (Å²) in [7, 11) is 4.21. The van der Waals surface area contributed by atoms with E-state index in [0.29, 0.717) is 33.8 Å². The molecule has 4 aromatic heterocycles. The molecule has 0 atom stereocenters. The molecule has 0 radical (unpaired) electrons. The lowest BCUT2D eigenvalue weighted by atomic mass is 10.1. The Hall–Kier alpha value is -12.7. The summed E-state index contributed by atoms with van der Waals surface area (Å²) in [5.74, 6) is -0.819. The third-order valence-electron chi connectivity index (χ3n) is 12.9. The van der Waals surface area contributed by atoms with E-state index in [0.717, 1.165) is 101 Å². The number of ketones is 1.